The van der Waals surface area contributed by atoms with E-state index in [2.05, 4.69) is 0 Å². The van der Waals surface area contributed by atoms with Gasteiger partial charge in [-0.1, -0.05) is 86.7 Å². The van der Waals surface area contributed by atoms with Crippen molar-refractivity contribution in [1.29, 1.82) is 0 Å². The summed E-state index contributed by atoms with van der Waals surface area (Å²) >= 11 is 0. The topological polar surface area (TPSA) is 76.2 Å². The van der Waals surface area contributed by atoms with Crippen LogP contribution in [0.2, 0.25) is 0 Å². The number of carbonyl (C=O) groups is 3. The molecular formula is C26H28N2O5. The average Bonchev–Trinajstić information content (AvgIpc) is 3.20. The maximum atomic E-state index is 13.5. The summed E-state index contributed by atoms with van der Waals surface area (Å²) in [5, 5.41) is 0. The number of nitrogens with zero attached hydrogens (tertiary/aromatic N) is 2. The summed E-state index contributed by atoms with van der Waals surface area (Å²) in [6, 6.07) is 16.8. The van der Waals surface area contributed by atoms with Gasteiger partial charge in [0, 0.05) is 0 Å². The number of benzene rings is 2. The maximum Gasteiger partial charge on any atom is 0.411 e. The molecule has 7 heteroatoms. The van der Waals surface area contributed by atoms with Crippen molar-refractivity contribution >= 4 is 24.0 Å². The Balaban J connectivity index is 1.71. The Morgan fingerprint density at radius 1 is 1.06 bits per heavy atom. The molecular weight excluding hydrogens is 420 g/mol. The molecule has 2 aliphatic rings. The number of likely N-dealkylation sites (tertiary alicyclic amines) is 1. The van der Waals surface area contributed by atoms with E-state index in [-0.39, 0.29) is 24.5 Å². The van der Waals surface area contributed by atoms with Gasteiger partial charge < -0.3 is 14.4 Å². The molecule has 2 aromatic carbocycles. The minimum Gasteiger partial charge on any atom is -0.467 e. The van der Waals surface area contributed by atoms with E-state index in [0.29, 0.717) is 0 Å². The first kappa shape index (κ1) is 22.6. The van der Waals surface area contributed by atoms with Crippen LogP contribution in [0.25, 0.3) is 6.08 Å². The first-order valence-corrected chi connectivity index (χ1v) is 11.1. The highest BCUT2D eigenvalue weighted by Gasteiger charge is 2.58. The molecule has 2 aromatic rings. The fraction of sp³-hybridized carbons (Fsp3) is 0.346. The summed E-state index contributed by atoms with van der Waals surface area (Å²) in [7, 11) is 1.32. The summed E-state index contributed by atoms with van der Waals surface area (Å²) in [6.07, 6.45) is 3.26. The molecule has 2 heterocycles. The van der Waals surface area contributed by atoms with E-state index in [1.54, 1.807) is 0 Å². The molecule has 4 atom stereocenters. The van der Waals surface area contributed by atoms with E-state index >= 15 is 0 Å². The van der Waals surface area contributed by atoms with Crippen molar-refractivity contribution in [3.05, 3.63) is 77.9 Å². The van der Waals surface area contributed by atoms with Crippen LogP contribution in [0.4, 0.5) is 4.79 Å². The summed E-state index contributed by atoms with van der Waals surface area (Å²) in [6.45, 7) is 3.92. The zero-order valence-corrected chi connectivity index (χ0v) is 19.0. The second-order valence-electron chi connectivity index (χ2n) is 8.57. The molecule has 33 heavy (non-hydrogen) atoms. The molecule has 2 amide bonds. The van der Waals surface area contributed by atoms with Gasteiger partial charge in [0.25, 0.3) is 0 Å². The molecule has 0 bridgehead atoms. The predicted molar refractivity (Wildman–Crippen MR) is 123 cm³/mol. The summed E-state index contributed by atoms with van der Waals surface area (Å²) in [5.41, 5.74) is 1.85. The molecule has 0 aliphatic carbocycles. The van der Waals surface area contributed by atoms with Gasteiger partial charge >= 0.3 is 12.1 Å². The summed E-state index contributed by atoms with van der Waals surface area (Å²) in [5.74, 6) is -0.925. The fourth-order valence-corrected chi connectivity index (χ4v) is 4.59. The normalized spacial score (nSPS) is 23.6. The lowest BCUT2D eigenvalue weighted by Crippen LogP contribution is -2.74. The number of hydrogen-bond donors (Lipinski definition) is 0. The minimum atomic E-state index is -0.768. The molecule has 0 aromatic heterocycles. The van der Waals surface area contributed by atoms with E-state index in [1.807, 2.05) is 86.7 Å². The number of cyclic esters (lactones) is 1. The minimum absolute atomic E-state index is 0.162. The Morgan fingerprint density at radius 2 is 1.70 bits per heavy atom. The van der Waals surface area contributed by atoms with Gasteiger partial charge in [-0.15, -0.1) is 0 Å². The van der Waals surface area contributed by atoms with Crippen LogP contribution >= 0.6 is 0 Å². The van der Waals surface area contributed by atoms with E-state index in [1.165, 1.54) is 16.9 Å². The molecule has 2 fully saturated rings. The Hall–Kier alpha value is -3.61. The Bertz CT molecular complexity index is 1040. The van der Waals surface area contributed by atoms with Crippen molar-refractivity contribution in [2.24, 2.45) is 5.92 Å². The van der Waals surface area contributed by atoms with Crippen LogP contribution in [0.15, 0.2) is 66.7 Å². The summed E-state index contributed by atoms with van der Waals surface area (Å²) in [4.78, 5) is 41.9. The molecule has 0 N–H and O–H groups in total. The van der Waals surface area contributed by atoms with Gasteiger partial charge in [-0.2, -0.15) is 0 Å². The molecule has 172 valence electrons. The van der Waals surface area contributed by atoms with Crippen molar-refractivity contribution in [3.8, 4) is 0 Å². The smallest absolute Gasteiger partial charge is 0.411 e. The zero-order chi connectivity index (χ0) is 23.5. The molecule has 7 nitrogen and oxygen atoms in total. The second kappa shape index (κ2) is 9.48. The van der Waals surface area contributed by atoms with Crippen molar-refractivity contribution < 1.29 is 23.9 Å². The van der Waals surface area contributed by atoms with Crippen LogP contribution in [0, 0.1) is 5.92 Å². The maximum absolute atomic E-state index is 13.5. The van der Waals surface area contributed by atoms with Crippen LogP contribution in [0.1, 0.15) is 31.0 Å². The SMILES string of the molecule is COC(=O)C(C(C)C)N1C(=O)C(N2C(=O)OC[C@@H]2c2ccccc2)C1C=Cc1ccccc1. The van der Waals surface area contributed by atoms with Crippen LogP contribution in [-0.2, 0) is 19.1 Å². The number of carbonyl (C=O) groups excluding carboxylic acids is 3. The van der Waals surface area contributed by atoms with Crippen LogP contribution in [0.3, 0.4) is 0 Å². The Kier molecular flexibility index (Phi) is 6.49. The van der Waals surface area contributed by atoms with E-state index in [9.17, 15) is 14.4 Å². The third-order valence-corrected chi connectivity index (χ3v) is 6.21. The van der Waals surface area contributed by atoms with E-state index in [0.717, 1.165) is 11.1 Å². The van der Waals surface area contributed by atoms with E-state index in [4.69, 9.17) is 9.47 Å². The summed E-state index contributed by atoms with van der Waals surface area (Å²) < 4.78 is 10.4. The monoisotopic (exact) mass is 448 g/mol. The highest BCUT2D eigenvalue weighted by Crippen LogP contribution is 2.39. The fourth-order valence-electron chi connectivity index (χ4n) is 4.59. The van der Waals surface area contributed by atoms with Crippen molar-refractivity contribution in [1.82, 2.24) is 9.80 Å². The lowest BCUT2D eigenvalue weighted by atomic mass is 9.86. The first-order valence-electron chi connectivity index (χ1n) is 11.1. The number of amides is 2. The second-order valence-corrected chi connectivity index (χ2v) is 8.57. The average molecular weight is 449 g/mol. The molecule has 0 radical (unpaired) electrons. The molecule has 2 saturated heterocycles. The zero-order valence-electron chi connectivity index (χ0n) is 19.0. The van der Waals surface area contributed by atoms with Crippen LogP contribution < -0.4 is 0 Å². The highest BCUT2D eigenvalue weighted by atomic mass is 16.6. The number of ether oxygens (including phenoxy) is 2. The van der Waals surface area contributed by atoms with Crippen molar-refractivity contribution in [2.75, 3.05) is 13.7 Å². The Morgan fingerprint density at radius 3 is 2.30 bits per heavy atom. The van der Waals surface area contributed by atoms with Gasteiger partial charge in [-0.05, 0) is 17.0 Å². The quantitative estimate of drug-likeness (QED) is 0.477. The Labute approximate surface area is 193 Å². The first-order chi connectivity index (χ1) is 15.9. The highest BCUT2D eigenvalue weighted by molar-refractivity contribution is 5.97. The number of hydrogen-bond acceptors (Lipinski definition) is 5. The third kappa shape index (κ3) is 4.23. The number of esters is 1. The van der Waals surface area contributed by atoms with Crippen molar-refractivity contribution in [2.45, 2.75) is 38.0 Å². The molecule has 0 saturated carbocycles. The number of methoxy groups -OCH3 is 1. The third-order valence-electron chi connectivity index (χ3n) is 6.21. The van der Waals surface area contributed by atoms with Gasteiger partial charge in [0.05, 0.1) is 19.2 Å². The van der Waals surface area contributed by atoms with Gasteiger partial charge in [-0.3, -0.25) is 9.69 Å². The predicted octanol–water partition coefficient (Wildman–Crippen LogP) is 3.67. The van der Waals surface area contributed by atoms with Gasteiger partial charge in [0.2, 0.25) is 5.91 Å². The van der Waals surface area contributed by atoms with Gasteiger partial charge in [0.15, 0.2) is 0 Å². The van der Waals surface area contributed by atoms with Gasteiger partial charge in [0.1, 0.15) is 18.7 Å². The largest absolute Gasteiger partial charge is 0.467 e. The molecule has 4 rings (SSSR count). The molecule has 3 unspecified atom stereocenters. The van der Waals surface area contributed by atoms with Crippen LogP contribution in [-0.4, -0.2) is 59.6 Å². The number of β-lactam (4-membered cyclic amide) rings is 1. The molecule has 2 aliphatic heterocycles. The lowest BCUT2D eigenvalue weighted by molar-refractivity contribution is -0.171. The number of rotatable bonds is 7. The standard InChI is InChI=1S/C26H28N2O5/c1-17(2)22(25(30)32-3)27-20(15-14-18-10-6-4-7-11-18)23(24(27)29)28-21(16-33-26(28)31)19-12-8-5-9-13-19/h4-15,17,20-23H,16H2,1-3H3/t20?,21-,22?,23?/m1/s1. The molecule has 0 spiro atoms. The lowest BCUT2D eigenvalue weighted by Gasteiger charge is -2.52. The van der Waals surface area contributed by atoms with Crippen LogP contribution in [0.5, 0.6) is 0 Å². The van der Waals surface area contributed by atoms with E-state index < -0.39 is 30.2 Å². The van der Waals surface area contributed by atoms with Crippen molar-refractivity contribution in [3.63, 3.8) is 0 Å². The van der Waals surface area contributed by atoms with Gasteiger partial charge in [-0.25, -0.2) is 9.59 Å².